The van der Waals surface area contributed by atoms with Crippen LogP contribution in [0.5, 0.6) is 0 Å². The lowest BCUT2D eigenvalue weighted by molar-refractivity contribution is 1.06. The SMILES string of the molecule is Cc1ccc(-c2ccc3c(c2)c2ccccc2n3-c2ccc(-c3ccc4sc5ccccc5c4c3)cc2-c2nc(-c3ccccc3)nc(-c3ccccc3)n2)c(C)c1. The number of aromatic nitrogens is 4. The lowest BCUT2D eigenvalue weighted by atomic mass is 9.97. The first kappa shape index (κ1) is 34.1. The molecule has 0 N–H and O–H groups in total. The summed E-state index contributed by atoms with van der Waals surface area (Å²) in [5.74, 6) is 1.88. The standard InChI is InChI=1S/C53H36N4S/c1-33-21-25-40(34(2)29-33)39-23-27-47-43(32-39)41-17-9-11-19-46(41)57(47)48-26-22-37(38-24-28-50-44(30-38)42-18-10-12-20-49(42)58-50)31-45(48)53-55-51(35-13-5-3-6-14-35)54-52(56-53)36-15-7-4-8-16-36/h3-32H,1-2H3. The van der Waals surface area contributed by atoms with Gasteiger partial charge in [-0.15, -0.1) is 11.3 Å². The third-order valence-electron chi connectivity index (χ3n) is 11.3. The van der Waals surface area contributed by atoms with Crippen LogP contribution in [0.3, 0.4) is 0 Å². The molecule has 11 aromatic rings. The van der Waals surface area contributed by atoms with Gasteiger partial charge in [-0.3, -0.25) is 0 Å². The Bertz CT molecular complexity index is 3300. The van der Waals surface area contributed by atoms with Gasteiger partial charge >= 0.3 is 0 Å². The average molecular weight is 761 g/mol. The Morgan fingerprint density at radius 3 is 1.72 bits per heavy atom. The van der Waals surface area contributed by atoms with Crippen LogP contribution < -0.4 is 0 Å². The molecule has 0 spiro atoms. The number of rotatable bonds is 6. The van der Waals surface area contributed by atoms with Crippen molar-refractivity contribution in [1.82, 2.24) is 19.5 Å². The molecule has 0 unspecified atom stereocenters. The van der Waals surface area contributed by atoms with Crippen molar-refractivity contribution in [3.05, 3.63) is 193 Å². The van der Waals surface area contributed by atoms with Gasteiger partial charge in [0.05, 0.1) is 16.7 Å². The summed E-state index contributed by atoms with van der Waals surface area (Å²) in [7, 11) is 0. The molecule has 3 aromatic heterocycles. The fourth-order valence-corrected chi connectivity index (χ4v) is 9.55. The largest absolute Gasteiger partial charge is 0.309 e. The second kappa shape index (κ2) is 13.8. The van der Waals surface area contributed by atoms with E-state index in [1.165, 1.54) is 53.2 Å². The second-order valence-corrected chi connectivity index (χ2v) is 16.1. The molecular formula is C53H36N4S. The lowest BCUT2D eigenvalue weighted by Crippen LogP contribution is -2.04. The lowest BCUT2D eigenvalue weighted by Gasteiger charge is -2.16. The molecule has 0 fully saturated rings. The van der Waals surface area contributed by atoms with Gasteiger partial charge in [0.1, 0.15) is 0 Å². The van der Waals surface area contributed by atoms with E-state index in [2.05, 4.69) is 164 Å². The van der Waals surface area contributed by atoms with E-state index in [1.54, 1.807) is 0 Å². The van der Waals surface area contributed by atoms with Crippen LogP contribution in [0.2, 0.25) is 0 Å². The van der Waals surface area contributed by atoms with E-state index in [1.807, 2.05) is 47.7 Å². The van der Waals surface area contributed by atoms with Crippen LogP contribution in [-0.2, 0) is 0 Å². The van der Waals surface area contributed by atoms with Gasteiger partial charge in [-0.05, 0) is 90.2 Å². The zero-order valence-electron chi connectivity index (χ0n) is 32.0. The number of benzene rings is 8. The monoisotopic (exact) mass is 760 g/mol. The number of aryl methyl sites for hydroxylation is 2. The number of fused-ring (bicyclic) bond motifs is 6. The summed E-state index contributed by atoms with van der Waals surface area (Å²) < 4.78 is 4.97. The van der Waals surface area contributed by atoms with Crippen molar-refractivity contribution in [1.29, 1.82) is 0 Å². The zero-order valence-corrected chi connectivity index (χ0v) is 32.8. The topological polar surface area (TPSA) is 43.6 Å². The molecule has 5 heteroatoms. The van der Waals surface area contributed by atoms with E-state index in [0.717, 1.165) is 44.5 Å². The highest BCUT2D eigenvalue weighted by atomic mass is 32.1. The molecule has 0 amide bonds. The minimum absolute atomic E-state index is 0.615. The Balaban J connectivity index is 1.19. The Hall–Kier alpha value is -7.21. The Morgan fingerprint density at radius 2 is 0.966 bits per heavy atom. The van der Waals surface area contributed by atoms with Crippen LogP contribution >= 0.6 is 11.3 Å². The minimum Gasteiger partial charge on any atom is -0.309 e. The maximum Gasteiger partial charge on any atom is 0.166 e. The average Bonchev–Trinajstić information content (AvgIpc) is 3.82. The molecular weight excluding hydrogens is 725 g/mol. The Morgan fingerprint density at radius 1 is 0.379 bits per heavy atom. The summed E-state index contributed by atoms with van der Waals surface area (Å²) in [4.78, 5) is 15.6. The van der Waals surface area contributed by atoms with Crippen LogP contribution in [0, 0.1) is 13.8 Å². The van der Waals surface area contributed by atoms with E-state index in [0.29, 0.717) is 17.5 Å². The molecule has 0 aliphatic rings. The Kier molecular flexibility index (Phi) is 8.09. The van der Waals surface area contributed by atoms with Crippen LogP contribution in [-0.4, -0.2) is 19.5 Å². The molecule has 0 saturated carbocycles. The molecule has 8 aromatic carbocycles. The summed E-state index contributed by atoms with van der Waals surface area (Å²) in [5.41, 5.74) is 13.3. The predicted molar refractivity (Wildman–Crippen MR) is 244 cm³/mol. The molecule has 3 heterocycles. The fourth-order valence-electron chi connectivity index (χ4n) is 8.46. The molecule has 11 rings (SSSR count). The van der Waals surface area contributed by atoms with Gasteiger partial charge in [0, 0.05) is 47.6 Å². The van der Waals surface area contributed by atoms with Crippen LogP contribution in [0.4, 0.5) is 0 Å². The normalized spacial score (nSPS) is 11.6. The smallest absolute Gasteiger partial charge is 0.166 e. The molecule has 0 saturated heterocycles. The van der Waals surface area contributed by atoms with E-state index < -0.39 is 0 Å². The number of para-hydroxylation sites is 1. The van der Waals surface area contributed by atoms with Crippen LogP contribution in [0.15, 0.2) is 182 Å². The first-order valence-corrected chi connectivity index (χ1v) is 20.4. The van der Waals surface area contributed by atoms with Crippen molar-refractivity contribution in [3.63, 3.8) is 0 Å². The molecule has 0 bridgehead atoms. The fraction of sp³-hybridized carbons (Fsp3) is 0.0377. The Labute approximate surface area is 340 Å². The molecule has 58 heavy (non-hydrogen) atoms. The maximum absolute atomic E-state index is 5.28. The van der Waals surface area contributed by atoms with Gasteiger partial charge in [-0.25, -0.2) is 15.0 Å². The third-order valence-corrected chi connectivity index (χ3v) is 12.4. The van der Waals surface area contributed by atoms with Crippen molar-refractivity contribution >= 4 is 53.3 Å². The summed E-state index contributed by atoms with van der Waals surface area (Å²) in [6.07, 6.45) is 0. The first-order chi connectivity index (χ1) is 28.6. The molecule has 0 atom stereocenters. The summed E-state index contributed by atoms with van der Waals surface area (Å²) in [6, 6.07) is 65.0. The highest BCUT2D eigenvalue weighted by molar-refractivity contribution is 7.25. The molecule has 0 aliphatic heterocycles. The van der Waals surface area contributed by atoms with Gasteiger partial charge in [0.25, 0.3) is 0 Å². The molecule has 274 valence electrons. The minimum atomic E-state index is 0.615. The first-order valence-electron chi connectivity index (χ1n) is 19.6. The summed E-state index contributed by atoms with van der Waals surface area (Å²) >= 11 is 1.84. The van der Waals surface area contributed by atoms with E-state index in [9.17, 15) is 0 Å². The van der Waals surface area contributed by atoms with Gasteiger partial charge in [-0.1, -0.05) is 139 Å². The molecule has 4 nitrogen and oxygen atoms in total. The highest BCUT2D eigenvalue weighted by Crippen LogP contribution is 2.41. The zero-order chi connectivity index (χ0) is 38.7. The quantitative estimate of drug-likeness (QED) is 0.169. The van der Waals surface area contributed by atoms with Crippen molar-refractivity contribution in [2.45, 2.75) is 13.8 Å². The van der Waals surface area contributed by atoms with Crippen molar-refractivity contribution in [3.8, 4) is 62.1 Å². The highest BCUT2D eigenvalue weighted by Gasteiger charge is 2.21. The number of nitrogens with zero attached hydrogens (tertiary/aromatic N) is 4. The summed E-state index contributed by atoms with van der Waals surface area (Å²) in [5, 5.41) is 4.94. The van der Waals surface area contributed by atoms with E-state index >= 15 is 0 Å². The van der Waals surface area contributed by atoms with E-state index in [-0.39, 0.29) is 0 Å². The van der Waals surface area contributed by atoms with Crippen LogP contribution in [0.1, 0.15) is 11.1 Å². The molecule has 0 aliphatic carbocycles. The molecule has 0 radical (unpaired) electrons. The van der Waals surface area contributed by atoms with Gasteiger partial charge in [0.15, 0.2) is 17.5 Å². The van der Waals surface area contributed by atoms with Crippen LogP contribution in [0.25, 0.3) is 104 Å². The van der Waals surface area contributed by atoms with Crippen molar-refractivity contribution < 1.29 is 0 Å². The number of thiophene rings is 1. The third kappa shape index (κ3) is 5.78. The summed E-state index contributed by atoms with van der Waals surface area (Å²) in [6.45, 7) is 4.35. The van der Waals surface area contributed by atoms with Gasteiger partial charge in [-0.2, -0.15) is 0 Å². The van der Waals surface area contributed by atoms with Gasteiger partial charge < -0.3 is 4.57 Å². The maximum atomic E-state index is 5.28. The van der Waals surface area contributed by atoms with Crippen molar-refractivity contribution in [2.24, 2.45) is 0 Å². The van der Waals surface area contributed by atoms with Gasteiger partial charge in [0.2, 0.25) is 0 Å². The predicted octanol–water partition coefficient (Wildman–Crippen LogP) is 14.3. The number of hydrogen-bond donors (Lipinski definition) is 0. The second-order valence-electron chi connectivity index (χ2n) is 15.0. The number of hydrogen-bond acceptors (Lipinski definition) is 4. The van der Waals surface area contributed by atoms with Crippen molar-refractivity contribution in [2.75, 3.05) is 0 Å². The van der Waals surface area contributed by atoms with E-state index in [4.69, 9.17) is 15.0 Å².